The first-order valence-corrected chi connectivity index (χ1v) is 8.27. The molecule has 0 radical (unpaired) electrons. The van der Waals surface area contributed by atoms with Gasteiger partial charge in [-0.2, -0.15) is 0 Å². The van der Waals surface area contributed by atoms with Crippen molar-refractivity contribution < 1.29 is 14.3 Å². The molecule has 8 heteroatoms. The number of nitrogens with one attached hydrogen (secondary N) is 1. The number of nitrogens with two attached hydrogens (primary N) is 1. The average molecular weight is 336 g/mol. The summed E-state index contributed by atoms with van der Waals surface area (Å²) >= 11 is 1.62. The minimum atomic E-state index is -0.680. The van der Waals surface area contributed by atoms with Gasteiger partial charge in [0.05, 0.1) is 30.0 Å². The van der Waals surface area contributed by atoms with Gasteiger partial charge in [0.2, 0.25) is 5.91 Å². The molecule has 1 fully saturated rings. The van der Waals surface area contributed by atoms with E-state index in [0.717, 1.165) is 41.7 Å². The lowest BCUT2D eigenvalue weighted by molar-refractivity contribution is -0.118. The Morgan fingerprint density at radius 1 is 1.52 bits per heavy atom. The van der Waals surface area contributed by atoms with Crippen LogP contribution in [-0.2, 0) is 14.3 Å². The second-order valence-corrected chi connectivity index (χ2v) is 6.34. The SMILES string of the molecule is COCC(N)C(=O)Nc1ccc2nc(N3CCOCC3)sc2c1. The maximum atomic E-state index is 11.9. The number of fused-ring (bicyclic) bond motifs is 1. The minimum Gasteiger partial charge on any atom is -0.383 e. The Morgan fingerprint density at radius 2 is 2.30 bits per heavy atom. The molecule has 124 valence electrons. The molecular formula is C15H20N4O3S. The van der Waals surface area contributed by atoms with E-state index < -0.39 is 6.04 Å². The van der Waals surface area contributed by atoms with Gasteiger partial charge in [0, 0.05) is 25.9 Å². The number of aromatic nitrogens is 1. The Balaban J connectivity index is 1.75. The van der Waals surface area contributed by atoms with Crippen molar-refractivity contribution in [3.63, 3.8) is 0 Å². The van der Waals surface area contributed by atoms with Gasteiger partial charge >= 0.3 is 0 Å². The van der Waals surface area contributed by atoms with Crippen LogP contribution in [0.25, 0.3) is 10.2 Å². The summed E-state index contributed by atoms with van der Waals surface area (Å²) in [6.07, 6.45) is 0. The van der Waals surface area contributed by atoms with Crippen LogP contribution in [0.5, 0.6) is 0 Å². The van der Waals surface area contributed by atoms with Gasteiger partial charge < -0.3 is 25.4 Å². The number of thiazole rings is 1. The number of ether oxygens (including phenoxy) is 2. The number of amides is 1. The number of anilines is 2. The van der Waals surface area contributed by atoms with Crippen molar-refractivity contribution in [2.75, 3.05) is 50.2 Å². The Labute approximate surface area is 138 Å². The lowest BCUT2D eigenvalue weighted by Gasteiger charge is -2.25. The zero-order valence-electron chi connectivity index (χ0n) is 12.9. The zero-order chi connectivity index (χ0) is 16.2. The standard InChI is InChI=1S/C15H20N4O3S/c1-21-9-11(16)14(20)17-10-2-3-12-13(8-10)23-15(18-12)19-4-6-22-7-5-19/h2-3,8,11H,4-7,9,16H2,1H3,(H,17,20). The normalized spacial score (nSPS) is 16.5. The summed E-state index contributed by atoms with van der Waals surface area (Å²) in [7, 11) is 1.52. The molecular weight excluding hydrogens is 316 g/mol. The number of morpholine rings is 1. The number of rotatable bonds is 5. The van der Waals surface area contributed by atoms with Crippen LogP contribution in [0.4, 0.5) is 10.8 Å². The highest BCUT2D eigenvalue weighted by Gasteiger charge is 2.17. The summed E-state index contributed by atoms with van der Waals surface area (Å²) in [5, 5.41) is 3.80. The molecule has 23 heavy (non-hydrogen) atoms. The summed E-state index contributed by atoms with van der Waals surface area (Å²) in [6, 6.07) is 4.99. The third kappa shape index (κ3) is 3.78. The van der Waals surface area contributed by atoms with E-state index in [4.69, 9.17) is 15.2 Å². The van der Waals surface area contributed by atoms with Crippen LogP contribution >= 0.6 is 11.3 Å². The first-order valence-electron chi connectivity index (χ1n) is 7.46. The first kappa shape index (κ1) is 16.1. The smallest absolute Gasteiger partial charge is 0.243 e. The summed E-state index contributed by atoms with van der Waals surface area (Å²) in [5.41, 5.74) is 7.37. The van der Waals surface area contributed by atoms with Crippen molar-refractivity contribution in [3.8, 4) is 0 Å². The van der Waals surface area contributed by atoms with E-state index in [-0.39, 0.29) is 12.5 Å². The van der Waals surface area contributed by atoms with Gasteiger partial charge in [0.15, 0.2) is 5.13 Å². The highest BCUT2D eigenvalue weighted by atomic mass is 32.1. The van der Waals surface area contributed by atoms with Gasteiger partial charge in [-0.15, -0.1) is 0 Å². The van der Waals surface area contributed by atoms with E-state index >= 15 is 0 Å². The monoisotopic (exact) mass is 336 g/mol. The molecule has 0 bridgehead atoms. The number of carbonyl (C=O) groups is 1. The second-order valence-electron chi connectivity index (χ2n) is 5.33. The summed E-state index contributed by atoms with van der Waals surface area (Å²) < 4.78 is 11.3. The largest absolute Gasteiger partial charge is 0.383 e. The molecule has 3 N–H and O–H groups in total. The molecule has 0 saturated carbocycles. The minimum absolute atomic E-state index is 0.190. The maximum Gasteiger partial charge on any atom is 0.243 e. The molecule has 1 unspecified atom stereocenters. The number of carbonyl (C=O) groups excluding carboxylic acids is 1. The predicted molar refractivity (Wildman–Crippen MR) is 91.1 cm³/mol. The number of hydrogen-bond acceptors (Lipinski definition) is 7. The van der Waals surface area contributed by atoms with Gasteiger partial charge in [-0.25, -0.2) is 4.98 Å². The summed E-state index contributed by atoms with van der Waals surface area (Å²) in [4.78, 5) is 18.8. The lowest BCUT2D eigenvalue weighted by Crippen LogP contribution is -2.39. The van der Waals surface area contributed by atoms with Crippen molar-refractivity contribution in [1.29, 1.82) is 0 Å². The van der Waals surface area contributed by atoms with Crippen molar-refractivity contribution in [1.82, 2.24) is 4.98 Å². The van der Waals surface area contributed by atoms with Crippen LogP contribution in [0, 0.1) is 0 Å². The van der Waals surface area contributed by atoms with Crippen molar-refractivity contribution in [3.05, 3.63) is 18.2 Å². The second kappa shape index (κ2) is 7.22. The average Bonchev–Trinajstić information content (AvgIpc) is 2.99. The van der Waals surface area contributed by atoms with E-state index in [1.165, 1.54) is 7.11 Å². The highest BCUT2D eigenvalue weighted by molar-refractivity contribution is 7.22. The molecule has 2 heterocycles. The molecule has 0 aliphatic carbocycles. The summed E-state index contributed by atoms with van der Waals surface area (Å²) in [5.74, 6) is -0.260. The third-order valence-corrected chi connectivity index (χ3v) is 4.69. The lowest BCUT2D eigenvalue weighted by atomic mass is 10.2. The van der Waals surface area contributed by atoms with Crippen LogP contribution in [0.1, 0.15) is 0 Å². The van der Waals surface area contributed by atoms with Crippen molar-refractivity contribution in [2.45, 2.75) is 6.04 Å². The van der Waals surface area contributed by atoms with Gasteiger partial charge in [-0.05, 0) is 18.2 Å². The van der Waals surface area contributed by atoms with Gasteiger partial charge in [0.1, 0.15) is 6.04 Å². The number of nitrogens with zero attached hydrogens (tertiary/aromatic N) is 2. The molecule has 1 aromatic heterocycles. The van der Waals surface area contributed by atoms with E-state index in [1.54, 1.807) is 11.3 Å². The van der Waals surface area contributed by atoms with Gasteiger partial charge in [-0.3, -0.25) is 4.79 Å². The van der Waals surface area contributed by atoms with Gasteiger partial charge in [0.25, 0.3) is 0 Å². The molecule has 3 rings (SSSR count). The Morgan fingerprint density at radius 3 is 3.04 bits per heavy atom. The molecule has 1 aliphatic heterocycles. The zero-order valence-corrected chi connectivity index (χ0v) is 13.8. The van der Waals surface area contributed by atoms with E-state index in [0.29, 0.717) is 5.69 Å². The molecule has 0 spiro atoms. The molecule has 1 saturated heterocycles. The fourth-order valence-corrected chi connectivity index (χ4v) is 3.43. The van der Waals surface area contributed by atoms with Crippen molar-refractivity contribution >= 4 is 38.3 Å². The van der Waals surface area contributed by atoms with Crippen LogP contribution in [0.15, 0.2) is 18.2 Å². The molecule has 1 amide bonds. The van der Waals surface area contributed by atoms with Crippen LogP contribution in [0.2, 0.25) is 0 Å². The number of hydrogen-bond donors (Lipinski definition) is 2. The van der Waals surface area contributed by atoms with Gasteiger partial charge in [-0.1, -0.05) is 11.3 Å². The molecule has 1 atom stereocenters. The number of methoxy groups -OCH3 is 1. The molecule has 1 aromatic carbocycles. The fourth-order valence-electron chi connectivity index (χ4n) is 2.37. The van der Waals surface area contributed by atoms with Crippen LogP contribution in [-0.4, -0.2) is 57.0 Å². The molecule has 1 aliphatic rings. The third-order valence-electron chi connectivity index (χ3n) is 3.61. The van der Waals surface area contributed by atoms with E-state index in [1.807, 2.05) is 18.2 Å². The van der Waals surface area contributed by atoms with E-state index in [9.17, 15) is 4.79 Å². The molecule has 7 nitrogen and oxygen atoms in total. The number of benzene rings is 1. The maximum absolute atomic E-state index is 11.9. The first-order chi connectivity index (χ1) is 11.2. The highest BCUT2D eigenvalue weighted by Crippen LogP contribution is 2.31. The fraction of sp³-hybridized carbons (Fsp3) is 0.467. The van der Waals surface area contributed by atoms with Crippen molar-refractivity contribution in [2.24, 2.45) is 5.73 Å². The quantitative estimate of drug-likeness (QED) is 0.848. The van der Waals surface area contributed by atoms with Crippen LogP contribution in [0.3, 0.4) is 0 Å². The van der Waals surface area contributed by atoms with E-state index in [2.05, 4.69) is 15.2 Å². The summed E-state index contributed by atoms with van der Waals surface area (Å²) in [6.45, 7) is 3.36. The Bertz CT molecular complexity index is 684. The Kier molecular flexibility index (Phi) is 5.06. The van der Waals surface area contributed by atoms with Crippen LogP contribution < -0.4 is 16.0 Å². The predicted octanol–water partition coefficient (Wildman–Crippen LogP) is 1.05. The Hall–Kier alpha value is -1.74. The topological polar surface area (TPSA) is 89.7 Å². The molecule has 2 aromatic rings.